The largest absolute Gasteiger partial charge is 0.490 e. The fourth-order valence-electron chi connectivity index (χ4n) is 2.59. The van der Waals surface area contributed by atoms with Crippen LogP contribution in [0.25, 0.3) is 0 Å². The minimum absolute atomic E-state index is 0.219. The van der Waals surface area contributed by atoms with E-state index in [9.17, 15) is 4.79 Å². The Labute approximate surface area is 161 Å². The standard InChI is InChI=1S/C21H29N3O3/c1-5-26-19-12-7-16(15-20(19)27-6-2)13-14-22-21(25)23-17-8-10-18(11-9-17)24(3)4/h7-12,15H,5-6,13-14H2,1-4H3,(H2,22,23,25). The summed E-state index contributed by atoms with van der Waals surface area (Å²) in [6.07, 6.45) is 0.708. The van der Waals surface area contributed by atoms with Gasteiger partial charge >= 0.3 is 6.03 Å². The average Bonchev–Trinajstić information content (AvgIpc) is 2.64. The lowest BCUT2D eigenvalue weighted by Crippen LogP contribution is -2.30. The fraction of sp³-hybridized carbons (Fsp3) is 0.381. The van der Waals surface area contributed by atoms with Crippen LogP contribution in [0.15, 0.2) is 42.5 Å². The first-order valence-electron chi connectivity index (χ1n) is 9.24. The van der Waals surface area contributed by atoms with Crippen molar-refractivity contribution in [1.29, 1.82) is 0 Å². The van der Waals surface area contributed by atoms with Crippen LogP contribution in [0.2, 0.25) is 0 Å². The van der Waals surface area contributed by atoms with Crippen molar-refractivity contribution in [2.75, 3.05) is 44.1 Å². The number of rotatable bonds is 9. The third kappa shape index (κ3) is 6.40. The molecule has 0 saturated carbocycles. The Morgan fingerprint density at radius 2 is 1.63 bits per heavy atom. The van der Waals surface area contributed by atoms with E-state index in [1.165, 1.54) is 0 Å². The molecule has 0 saturated heterocycles. The topological polar surface area (TPSA) is 62.8 Å². The van der Waals surface area contributed by atoms with E-state index in [0.717, 1.165) is 28.4 Å². The van der Waals surface area contributed by atoms with Crippen molar-refractivity contribution in [1.82, 2.24) is 5.32 Å². The van der Waals surface area contributed by atoms with Crippen LogP contribution in [0.4, 0.5) is 16.2 Å². The van der Waals surface area contributed by atoms with Gasteiger partial charge in [0, 0.05) is 32.0 Å². The van der Waals surface area contributed by atoms with Crippen LogP contribution in [0.3, 0.4) is 0 Å². The van der Waals surface area contributed by atoms with Crippen molar-refractivity contribution in [3.05, 3.63) is 48.0 Å². The number of urea groups is 1. The van der Waals surface area contributed by atoms with Crippen molar-refractivity contribution < 1.29 is 14.3 Å². The van der Waals surface area contributed by atoms with Gasteiger partial charge in [-0.05, 0) is 62.2 Å². The number of amides is 2. The van der Waals surface area contributed by atoms with Crippen LogP contribution in [-0.4, -0.2) is 39.9 Å². The lowest BCUT2D eigenvalue weighted by molar-refractivity contribution is 0.252. The van der Waals surface area contributed by atoms with E-state index in [4.69, 9.17) is 9.47 Å². The van der Waals surface area contributed by atoms with E-state index in [2.05, 4.69) is 10.6 Å². The smallest absolute Gasteiger partial charge is 0.319 e. The lowest BCUT2D eigenvalue weighted by atomic mass is 10.1. The first-order valence-corrected chi connectivity index (χ1v) is 9.24. The van der Waals surface area contributed by atoms with Gasteiger partial charge in [-0.2, -0.15) is 0 Å². The quantitative estimate of drug-likeness (QED) is 0.701. The summed E-state index contributed by atoms with van der Waals surface area (Å²) < 4.78 is 11.2. The highest BCUT2D eigenvalue weighted by atomic mass is 16.5. The second-order valence-electron chi connectivity index (χ2n) is 6.22. The highest BCUT2D eigenvalue weighted by Gasteiger charge is 2.07. The number of nitrogens with one attached hydrogen (secondary N) is 2. The van der Waals surface area contributed by atoms with Gasteiger partial charge in [0.25, 0.3) is 0 Å². The molecule has 0 bridgehead atoms. The predicted molar refractivity (Wildman–Crippen MR) is 110 cm³/mol. The summed E-state index contributed by atoms with van der Waals surface area (Å²) in [6.45, 7) is 5.59. The van der Waals surface area contributed by atoms with E-state index < -0.39 is 0 Å². The second kappa shape index (κ2) is 10.3. The Morgan fingerprint density at radius 1 is 0.963 bits per heavy atom. The van der Waals surface area contributed by atoms with Gasteiger partial charge in [-0.1, -0.05) is 6.07 Å². The second-order valence-corrected chi connectivity index (χ2v) is 6.22. The molecule has 0 unspecified atom stereocenters. The molecule has 2 amide bonds. The van der Waals surface area contributed by atoms with Crippen molar-refractivity contribution >= 4 is 17.4 Å². The first-order chi connectivity index (χ1) is 13.0. The maximum atomic E-state index is 12.1. The van der Waals surface area contributed by atoms with Crippen molar-refractivity contribution in [2.45, 2.75) is 20.3 Å². The van der Waals surface area contributed by atoms with E-state index in [0.29, 0.717) is 26.2 Å². The Kier molecular flexibility index (Phi) is 7.79. The molecule has 6 nitrogen and oxygen atoms in total. The van der Waals surface area contributed by atoms with Gasteiger partial charge in [0.1, 0.15) is 0 Å². The van der Waals surface area contributed by atoms with Crippen LogP contribution in [-0.2, 0) is 6.42 Å². The molecule has 0 aliphatic heterocycles. The van der Waals surface area contributed by atoms with Crippen LogP contribution in [0.5, 0.6) is 11.5 Å². The maximum Gasteiger partial charge on any atom is 0.319 e. The Balaban J connectivity index is 1.84. The average molecular weight is 371 g/mol. The van der Waals surface area contributed by atoms with Gasteiger partial charge in [-0.15, -0.1) is 0 Å². The summed E-state index contributed by atoms with van der Waals surface area (Å²) in [4.78, 5) is 14.1. The van der Waals surface area contributed by atoms with Crippen LogP contribution < -0.4 is 25.0 Å². The molecule has 2 aromatic rings. The van der Waals surface area contributed by atoms with Crippen LogP contribution >= 0.6 is 0 Å². The Bertz CT molecular complexity index is 730. The highest BCUT2D eigenvalue weighted by Crippen LogP contribution is 2.28. The Hall–Kier alpha value is -2.89. The van der Waals surface area contributed by atoms with Gasteiger partial charge in [-0.3, -0.25) is 0 Å². The molecule has 2 rings (SSSR count). The zero-order valence-corrected chi connectivity index (χ0v) is 16.5. The lowest BCUT2D eigenvalue weighted by Gasteiger charge is -2.14. The Morgan fingerprint density at radius 3 is 2.26 bits per heavy atom. The molecule has 0 aliphatic rings. The third-order valence-corrected chi connectivity index (χ3v) is 3.95. The molecule has 2 N–H and O–H groups in total. The normalized spacial score (nSPS) is 10.2. The summed E-state index contributed by atoms with van der Waals surface area (Å²) >= 11 is 0. The van der Waals surface area contributed by atoms with Crippen LogP contribution in [0, 0.1) is 0 Å². The number of carbonyl (C=O) groups is 1. The number of benzene rings is 2. The predicted octanol–water partition coefficient (Wildman–Crippen LogP) is 3.91. The van der Waals surface area contributed by atoms with Gasteiger partial charge in [-0.25, -0.2) is 4.79 Å². The summed E-state index contributed by atoms with van der Waals surface area (Å²) in [7, 11) is 3.96. The zero-order valence-electron chi connectivity index (χ0n) is 16.5. The summed E-state index contributed by atoms with van der Waals surface area (Å²) in [6, 6.07) is 13.3. The zero-order chi connectivity index (χ0) is 19.6. The van der Waals surface area contributed by atoms with E-state index in [1.807, 2.05) is 75.3 Å². The molecular formula is C21H29N3O3. The summed E-state index contributed by atoms with van der Waals surface area (Å²) in [5.41, 5.74) is 2.93. The number of nitrogens with zero attached hydrogens (tertiary/aromatic N) is 1. The molecule has 0 radical (unpaired) electrons. The molecule has 2 aromatic carbocycles. The van der Waals surface area contributed by atoms with E-state index in [1.54, 1.807) is 0 Å². The molecule has 0 aromatic heterocycles. The minimum Gasteiger partial charge on any atom is -0.490 e. The SMILES string of the molecule is CCOc1ccc(CCNC(=O)Nc2ccc(N(C)C)cc2)cc1OCC. The monoisotopic (exact) mass is 371 g/mol. The molecular weight excluding hydrogens is 342 g/mol. The number of ether oxygens (including phenoxy) is 2. The van der Waals surface area contributed by atoms with Crippen molar-refractivity contribution in [2.24, 2.45) is 0 Å². The highest BCUT2D eigenvalue weighted by molar-refractivity contribution is 5.89. The molecule has 0 heterocycles. The molecule has 0 atom stereocenters. The van der Waals surface area contributed by atoms with Gasteiger partial charge < -0.3 is 25.0 Å². The molecule has 27 heavy (non-hydrogen) atoms. The number of carbonyl (C=O) groups excluding carboxylic acids is 1. The number of hydrogen-bond donors (Lipinski definition) is 2. The van der Waals surface area contributed by atoms with Gasteiger partial charge in [0.2, 0.25) is 0 Å². The van der Waals surface area contributed by atoms with E-state index >= 15 is 0 Å². The molecule has 0 fully saturated rings. The van der Waals surface area contributed by atoms with Crippen molar-refractivity contribution in [3.8, 4) is 11.5 Å². The minimum atomic E-state index is -0.219. The van der Waals surface area contributed by atoms with Crippen LogP contribution in [0.1, 0.15) is 19.4 Å². The molecule has 0 spiro atoms. The molecule has 146 valence electrons. The van der Waals surface area contributed by atoms with Gasteiger partial charge in [0.15, 0.2) is 11.5 Å². The van der Waals surface area contributed by atoms with E-state index in [-0.39, 0.29) is 6.03 Å². The number of hydrogen-bond acceptors (Lipinski definition) is 4. The fourth-order valence-corrected chi connectivity index (χ4v) is 2.59. The molecule has 6 heteroatoms. The summed E-state index contributed by atoms with van der Waals surface area (Å²) in [5.74, 6) is 1.48. The van der Waals surface area contributed by atoms with Gasteiger partial charge in [0.05, 0.1) is 13.2 Å². The maximum absolute atomic E-state index is 12.1. The molecule has 0 aliphatic carbocycles. The first kappa shape index (κ1) is 20.4. The third-order valence-electron chi connectivity index (χ3n) is 3.95. The number of anilines is 2. The van der Waals surface area contributed by atoms with Crippen molar-refractivity contribution in [3.63, 3.8) is 0 Å². The summed E-state index contributed by atoms with van der Waals surface area (Å²) in [5, 5.41) is 5.71.